The second-order valence-electron chi connectivity index (χ2n) is 6.96. The van der Waals surface area contributed by atoms with E-state index < -0.39 is 0 Å². The number of aliphatic imine (C=N–C) groups is 1. The minimum atomic E-state index is 0.523. The van der Waals surface area contributed by atoms with Crippen LogP contribution in [0.3, 0.4) is 0 Å². The Hall–Kier alpha value is -0.370. The number of hydrogen-bond donors (Lipinski definition) is 0. The van der Waals surface area contributed by atoms with Gasteiger partial charge in [-0.2, -0.15) is 0 Å². The Morgan fingerprint density at radius 3 is 2.75 bits per heavy atom. The molecule has 2 bridgehead atoms. The van der Waals surface area contributed by atoms with Gasteiger partial charge < -0.3 is 0 Å². The molecule has 0 N–H and O–H groups in total. The van der Waals surface area contributed by atoms with Gasteiger partial charge in [0, 0.05) is 24.2 Å². The fraction of sp³-hybridized carbons (Fsp3) is 0.889. The van der Waals surface area contributed by atoms with Crippen LogP contribution < -0.4 is 0 Å². The van der Waals surface area contributed by atoms with Crippen molar-refractivity contribution >= 4 is 5.71 Å². The number of fused-ring (bicyclic) bond motifs is 4. The van der Waals surface area contributed by atoms with Gasteiger partial charge >= 0.3 is 0 Å². The summed E-state index contributed by atoms with van der Waals surface area (Å²) in [5.41, 5.74) is 1.60. The van der Waals surface area contributed by atoms with Crippen molar-refractivity contribution in [3.63, 3.8) is 0 Å². The summed E-state index contributed by atoms with van der Waals surface area (Å²) in [6.07, 6.45) is 16.7. The zero-order valence-corrected chi connectivity index (χ0v) is 13.0. The van der Waals surface area contributed by atoms with Crippen LogP contribution in [0, 0.1) is 12.8 Å². The van der Waals surface area contributed by atoms with Gasteiger partial charge in [-0.15, -0.1) is 0 Å². The molecule has 1 saturated heterocycles. The van der Waals surface area contributed by atoms with Crippen molar-refractivity contribution < 1.29 is 0 Å². The van der Waals surface area contributed by atoms with E-state index >= 15 is 0 Å². The van der Waals surface area contributed by atoms with Crippen LogP contribution in [-0.2, 0) is 0 Å². The molecule has 2 fully saturated rings. The third-order valence-electron chi connectivity index (χ3n) is 5.59. The molecule has 3 rings (SSSR count). The molecule has 1 aliphatic carbocycles. The highest BCUT2D eigenvalue weighted by molar-refractivity contribution is 5.88. The summed E-state index contributed by atoms with van der Waals surface area (Å²) < 4.78 is 0. The zero-order valence-electron chi connectivity index (χ0n) is 13.0. The largest absolute Gasteiger partial charge is 0.278 e. The Bertz CT molecular complexity index is 336. The van der Waals surface area contributed by atoms with E-state index in [0.29, 0.717) is 6.17 Å². The van der Waals surface area contributed by atoms with Crippen molar-refractivity contribution in [1.29, 1.82) is 0 Å². The smallest absolute Gasteiger partial charge is 0.102 e. The molecule has 2 heterocycles. The van der Waals surface area contributed by atoms with Gasteiger partial charge in [0.05, 0.1) is 0 Å². The van der Waals surface area contributed by atoms with Crippen molar-refractivity contribution in [3.8, 4) is 0 Å². The summed E-state index contributed by atoms with van der Waals surface area (Å²) >= 11 is 0. The summed E-state index contributed by atoms with van der Waals surface area (Å²) in [5, 5.41) is 0. The maximum absolute atomic E-state index is 5.21. The maximum Gasteiger partial charge on any atom is 0.102 e. The van der Waals surface area contributed by atoms with Gasteiger partial charge in [0.2, 0.25) is 0 Å². The average molecular weight is 275 g/mol. The van der Waals surface area contributed by atoms with Crippen LogP contribution >= 0.6 is 0 Å². The number of nitrogens with zero attached hydrogens (tertiary/aromatic N) is 2. The second kappa shape index (κ2) is 7.06. The molecule has 3 atom stereocenters. The maximum atomic E-state index is 5.21. The molecule has 3 unspecified atom stereocenters. The topological polar surface area (TPSA) is 15.6 Å². The predicted molar refractivity (Wildman–Crippen MR) is 86.0 cm³/mol. The van der Waals surface area contributed by atoms with Gasteiger partial charge in [-0.1, -0.05) is 39.0 Å². The van der Waals surface area contributed by atoms with Gasteiger partial charge in [0.1, 0.15) is 6.17 Å². The van der Waals surface area contributed by atoms with Gasteiger partial charge in [0.15, 0.2) is 0 Å². The fourth-order valence-electron chi connectivity index (χ4n) is 4.56. The molecule has 20 heavy (non-hydrogen) atoms. The van der Waals surface area contributed by atoms with Crippen LogP contribution in [0.2, 0.25) is 0 Å². The van der Waals surface area contributed by atoms with Crippen molar-refractivity contribution in [3.05, 3.63) is 6.92 Å². The number of unbranched alkanes of at least 4 members (excludes halogenated alkanes) is 2. The van der Waals surface area contributed by atoms with Crippen LogP contribution in [0.5, 0.6) is 0 Å². The summed E-state index contributed by atoms with van der Waals surface area (Å²) in [5.74, 6) is 0.804. The van der Waals surface area contributed by atoms with Crippen LogP contribution in [-0.4, -0.2) is 29.4 Å². The molecule has 0 spiro atoms. The van der Waals surface area contributed by atoms with E-state index in [1.54, 1.807) is 5.71 Å². The Balaban J connectivity index is 1.77. The third-order valence-corrected chi connectivity index (χ3v) is 5.59. The quantitative estimate of drug-likeness (QED) is 0.685. The van der Waals surface area contributed by atoms with E-state index in [9.17, 15) is 0 Å². The molecule has 0 aromatic rings. The Morgan fingerprint density at radius 1 is 1.00 bits per heavy atom. The molecule has 113 valence electrons. The zero-order chi connectivity index (χ0) is 13.8. The van der Waals surface area contributed by atoms with Crippen molar-refractivity contribution in [2.75, 3.05) is 6.54 Å². The van der Waals surface area contributed by atoms with Gasteiger partial charge in [-0.05, 0) is 44.9 Å². The van der Waals surface area contributed by atoms with E-state index in [1.807, 2.05) is 0 Å². The highest BCUT2D eigenvalue weighted by atomic mass is 15.3. The molecular weight excluding hydrogens is 244 g/mol. The monoisotopic (exact) mass is 275 g/mol. The van der Waals surface area contributed by atoms with Crippen molar-refractivity contribution in [2.24, 2.45) is 10.9 Å². The normalized spacial score (nSPS) is 34.9. The Morgan fingerprint density at radius 2 is 1.85 bits per heavy atom. The van der Waals surface area contributed by atoms with E-state index in [1.165, 1.54) is 77.2 Å². The van der Waals surface area contributed by atoms with Crippen LogP contribution in [0.1, 0.15) is 77.0 Å². The molecular formula is C18H31N2. The molecule has 1 saturated carbocycles. The minimum Gasteiger partial charge on any atom is -0.278 e. The average Bonchev–Trinajstić information content (AvgIpc) is 2.47. The second-order valence-corrected chi connectivity index (χ2v) is 6.96. The molecule has 2 heteroatoms. The summed E-state index contributed by atoms with van der Waals surface area (Å²) in [4.78, 5) is 8.01. The van der Waals surface area contributed by atoms with Crippen LogP contribution in [0.15, 0.2) is 4.99 Å². The minimum absolute atomic E-state index is 0.523. The summed E-state index contributed by atoms with van der Waals surface area (Å²) in [6, 6.07) is 0.818. The van der Waals surface area contributed by atoms with E-state index in [2.05, 4.69) is 11.8 Å². The molecule has 0 aromatic carbocycles. The lowest BCUT2D eigenvalue weighted by Gasteiger charge is -2.48. The Kier molecular flexibility index (Phi) is 5.14. The first-order valence-electron chi connectivity index (χ1n) is 9.01. The number of rotatable bonds is 4. The first-order chi connectivity index (χ1) is 9.90. The van der Waals surface area contributed by atoms with E-state index in [0.717, 1.165) is 18.4 Å². The third kappa shape index (κ3) is 3.10. The van der Waals surface area contributed by atoms with Gasteiger partial charge in [0.25, 0.3) is 0 Å². The van der Waals surface area contributed by atoms with E-state index in [-0.39, 0.29) is 0 Å². The lowest BCUT2D eigenvalue weighted by Crippen LogP contribution is -2.54. The predicted octanol–water partition coefficient (Wildman–Crippen LogP) is 4.60. The molecule has 0 aromatic heterocycles. The molecule has 2 aliphatic heterocycles. The van der Waals surface area contributed by atoms with Gasteiger partial charge in [-0.3, -0.25) is 9.89 Å². The van der Waals surface area contributed by atoms with Crippen molar-refractivity contribution in [1.82, 2.24) is 4.90 Å². The van der Waals surface area contributed by atoms with Crippen LogP contribution in [0.4, 0.5) is 0 Å². The number of hydrogen-bond acceptors (Lipinski definition) is 2. The first-order valence-corrected chi connectivity index (χ1v) is 9.01. The summed E-state index contributed by atoms with van der Waals surface area (Å²) in [6.45, 7) is 5.26. The highest BCUT2D eigenvalue weighted by Gasteiger charge is 2.39. The standard InChI is InChI=1S/C18H31N2/c1-2-3-9-14-20-17-12-5-4-6-13-18(20)19-16-11-8-7-10-15(16)17/h15,17-18H,1-14H2. The fourth-order valence-corrected chi connectivity index (χ4v) is 4.56. The lowest BCUT2D eigenvalue weighted by atomic mass is 9.77. The Labute approximate surface area is 125 Å². The lowest BCUT2D eigenvalue weighted by molar-refractivity contribution is 0.0668. The van der Waals surface area contributed by atoms with E-state index in [4.69, 9.17) is 4.99 Å². The molecule has 0 amide bonds. The molecule has 2 nitrogen and oxygen atoms in total. The first kappa shape index (κ1) is 14.6. The van der Waals surface area contributed by atoms with Gasteiger partial charge in [-0.25, -0.2) is 0 Å². The molecule has 3 aliphatic rings. The highest BCUT2D eigenvalue weighted by Crippen LogP contribution is 2.37. The molecule has 1 radical (unpaired) electrons. The SMILES string of the molecule is [CH2]CCCCN1C2CCCCCC1C1CCCCC1=N2. The van der Waals surface area contributed by atoms with Crippen LogP contribution in [0.25, 0.3) is 0 Å². The van der Waals surface area contributed by atoms with Crippen molar-refractivity contribution in [2.45, 2.75) is 89.3 Å². The summed E-state index contributed by atoms with van der Waals surface area (Å²) in [7, 11) is 0.